The van der Waals surface area contributed by atoms with Gasteiger partial charge in [0.2, 0.25) is 5.82 Å². The second-order valence-corrected chi connectivity index (χ2v) is 4.27. The summed E-state index contributed by atoms with van der Waals surface area (Å²) in [5.41, 5.74) is 0.00641. The third-order valence-corrected chi connectivity index (χ3v) is 2.79. The average molecular weight is 290 g/mol. The molecule has 0 aliphatic rings. The van der Waals surface area contributed by atoms with Gasteiger partial charge in [-0.25, -0.2) is 0 Å². The first-order valence-electron chi connectivity index (χ1n) is 5.97. The van der Waals surface area contributed by atoms with Crippen LogP contribution in [0.15, 0.2) is 42.5 Å². The second kappa shape index (κ2) is 6.00. The molecule has 0 bridgehead atoms. The van der Waals surface area contributed by atoms with Crippen LogP contribution in [0.2, 0.25) is 0 Å². The van der Waals surface area contributed by atoms with Crippen LogP contribution in [0.3, 0.4) is 0 Å². The van der Waals surface area contributed by atoms with Gasteiger partial charge in [0, 0.05) is 18.2 Å². The first kappa shape index (κ1) is 14.4. The number of hydrogen-bond donors (Lipinski definition) is 2. The number of phenolic OH excluding ortho intramolecular Hbond substituents is 1. The molecule has 108 valence electrons. The molecule has 0 heterocycles. The minimum atomic E-state index is -0.991. The van der Waals surface area contributed by atoms with Crippen LogP contribution in [0, 0.1) is 15.9 Å². The Morgan fingerprint density at radius 1 is 1.24 bits per heavy atom. The van der Waals surface area contributed by atoms with Crippen molar-refractivity contribution < 1.29 is 19.2 Å². The lowest BCUT2D eigenvalue weighted by molar-refractivity contribution is -0.387. The molecule has 1 amide bonds. The third-order valence-electron chi connectivity index (χ3n) is 2.79. The number of hydrogen-bond acceptors (Lipinski definition) is 4. The number of rotatable bonds is 4. The van der Waals surface area contributed by atoms with Crippen molar-refractivity contribution in [1.29, 1.82) is 0 Å². The Bertz CT molecular complexity index is 686. The molecule has 2 rings (SSSR count). The first-order chi connectivity index (χ1) is 9.97. The van der Waals surface area contributed by atoms with Gasteiger partial charge in [-0.15, -0.1) is 0 Å². The second-order valence-electron chi connectivity index (χ2n) is 4.27. The van der Waals surface area contributed by atoms with E-state index in [0.717, 1.165) is 17.7 Å². The lowest BCUT2D eigenvalue weighted by Crippen LogP contribution is -2.22. The number of nitrogens with zero attached hydrogens (tertiary/aromatic N) is 1. The first-order valence-corrected chi connectivity index (χ1v) is 5.97. The van der Waals surface area contributed by atoms with E-state index in [-0.39, 0.29) is 17.9 Å². The maximum absolute atomic E-state index is 13.2. The Morgan fingerprint density at radius 2 is 1.90 bits per heavy atom. The van der Waals surface area contributed by atoms with Gasteiger partial charge in [-0.1, -0.05) is 12.1 Å². The van der Waals surface area contributed by atoms with Gasteiger partial charge in [0.15, 0.2) is 0 Å². The fraction of sp³-hybridized carbons (Fsp3) is 0.0714. The Morgan fingerprint density at radius 3 is 2.52 bits per heavy atom. The van der Waals surface area contributed by atoms with Crippen molar-refractivity contribution in [3.05, 3.63) is 69.5 Å². The standard InChI is InChI=1S/C14H11FN2O4/c15-12-6-3-10(7-13(12)17(20)21)14(19)16-8-9-1-4-11(18)5-2-9/h1-7,18H,8H2,(H,16,19). The number of amides is 1. The van der Waals surface area contributed by atoms with Gasteiger partial charge < -0.3 is 10.4 Å². The largest absolute Gasteiger partial charge is 0.508 e. The lowest BCUT2D eigenvalue weighted by atomic mass is 10.1. The van der Waals surface area contributed by atoms with E-state index in [1.54, 1.807) is 12.1 Å². The Kier molecular flexibility index (Phi) is 4.13. The number of carbonyl (C=O) groups excluding carboxylic acids is 1. The summed E-state index contributed by atoms with van der Waals surface area (Å²) >= 11 is 0. The summed E-state index contributed by atoms with van der Waals surface area (Å²) in [6.45, 7) is 0.185. The Labute approximate surface area is 119 Å². The maximum atomic E-state index is 13.2. The molecule has 6 nitrogen and oxygen atoms in total. The summed E-state index contributed by atoms with van der Waals surface area (Å²) in [5.74, 6) is -1.43. The van der Waals surface area contributed by atoms with Crippen molar-refractivity contribution in [2.24, 2.45) is 0 Å². The molecule has 7 heteroatoms. The molecule has 0 radical (unpaired) electrons. The lowest BCUT2D eigenvalue weighted by Gasteiger charge is -2.06. The van der Waals surface area contributed by atoms with Gasteiger partial charge in [-0.05, 0) is 29.8 Å². The summed E-state index contributed by atoms with van der Waals surface area (Å²) < 4.78 is 13.2. The quantitative estimate of drug-likeness (QED) is 0.668. The van der Waals surface area contributed by atoms with E-state index >= 15 is 0 Å². The van der Waals surface area contributed by atoms with Crippen LogP contribution in [0.25, 0.3) is 0 Å². The predicted molar refractivity (Wildman–Crippen MR) is 72.3 cm³/mol. The summed E-state index contributed by atoms with van der Waals surface area (Å²) in [6, 6.07) is 9.16. The summed E-state index contributed by atoms with van der Waals surface area (Å²) in [5, 5.41) is 22.3. The Balaban J connectivity index is 2.08. The molecular weight excluding hydrogens is 279 g/mol. The number of nitro benzene ring substituents is 1. The van der Waals surface area contributed by atoms with Gasteiger partial charge in [0.1, 0.15) is 5.75 Å². The van der Waals surface area contributed by atoms with E-state index in [2.05, 4.69) is 5.32 Å². The van der Waals surface area contributed by atoms with Gasteiger partial charge in [-0.3, -0.25) is 14.9 Å². The predicted octanol–water partition coefficient (Wildman–Crippen LogP) is 2.37. The van der Waals surface area contributed by atoms with Crippen molar-refractivity contribution in [2.75, 3.05) is 0 Å². The van der Waals surface area contributed by atoms with E-state index in [0.29, 0.717) is 0 Å². The fourth-order valence-corrected chi connectivity index (χ4v) is 1.69. The fourth-order valence-electron chi connectivity index (χ4n) is 1.69. The number of carbonyl (C=O) groups is 1. The molecule has 0 saturated carbocycles. The van der Waals surface area contributed by atoms with Crippen LogP contribution in [0.4, 0.5) is 10.1 Å². The normalized spacial score (nSPS) is 10.1. The zero-order chi connectivity index (χ0) is 15.4. The third kappa shape index (κ3) is 3.53. The number of aromatic hydroxyl groups is 1. The maximum Gasteiger partial charge on any atom is 0.305 e. The number of nitrogens with one attached hydrogen (secondary N) is 1. The number of halogens is 1. The van der Waals surface area contributed by atoms with Gasteiger partial charge in [0.05, 0.1) is 4.92 Å². The molecule has 2 aromatic rings. The minimum Gasteiger partial charge on any atom is -0.508 e. The molecule has 0 fully saturated rings. The minimum absolute atomic E-state index is 0.00174. The van der Waals surface area contributed by atoms with Crippen molar-refractivity contribution in [3.8, 4) is 5.75 Å². The summed E-state index contributed by atoms with van der Waals surface area (Å²) in [6.07, 6.45) is 0. The molecule has 0 spiro atoms. The van der Waals surface area contributed by atoms with Crippen molar-refractivity contribution in [1.82, 2.24) is 5.32 Å². The topological polar surface area (TPSA) is 92.5 Å². The van der Waals surface area contributed by atoms with Crippen LogP contribution in [0.1, 0.15) is 15.9 Å². The molecule has 21 heavy (non-hydrogen) atoms. The van der Waals surface area contributed by atoms with Gasteiger partial charge in [0.25, 0.3) is 5.91 Å². The molecule has 0 aliphatic heterocycles. The molecule has 2 N–H and O–H groups in total. The summed E-state index contributed by atoms with van der Waals surface area (Å²) in [7, 11) is 0. The highest BCUT2D eigenvalue weighted by Crippen LogP contribution is 2.18. The van der Waals surface area contributed by atoms with Crippen molar-refractivity contribution in [3.63, 3.8) is 0 Å². The SMILES string of the molecule is O=C(NCc1ccc(O)cc1)c1ccc(F)c([N+](=O)[O-])c1. The van der Waals surface area contributed by atoms with E-state index in [1.807, 2.05) is 0 Å². The highest BCUT2D eigenvalue weighted by Gasteiger charge is 2.17. The zero-order valence-corrected chi connectivity index (χ0v) is 10.7. The molecule has 0 aliphatic carbocycles. The number of phenols is 1. The van der Waals surface area contributed by atoms with E-state index in [1.165, 1.54) is 18.2 Å². The molecule has 2 aromatic carbocycles. The van der Waals surface area contributed by atoms with Gasteiger partial charge in [-0.2, -0.15) is 4.39 Å². The molecular formula is C14H11FN2O4. The van der Waals surface area contributed by atoms with Crippen LogP contribution in [-0.4, -0.2) is 15.9 Å². The molecule has 0 aromatic heterocycles. The van der Waals surface area contributed by atoms with Gasteiger partial charge >= 0.3 is 5.69 Å². The molecule has 0 saturated heterocycles. The Hall–Kier alpha value is -2.96. The molecule has 0 atom stereocenters. The summed E-state index contributed by atoms with van der Waals surface area (Å²) in [4.78, 5) is 21.6. The van der Waals surface area contributed by atoms with E-state index < -0.39 is 22.3 Å². The number of nitro groups is 1. The van der Waals surface area contributed by atoms with Crippen molar-refractivity contribution >= 4 is 11.6 Å². The van der Waals surface area contributed by atoms with E-state index in [9.17, 15) is 19.3 Å². The molecule has 0 unspecified atom stereocenters. The highest BCUT2D eigenvalue weighted by molar-refractivity contribution is 5.94. The highest BCUT2D eigenvalue weighted by atomic mass is 19.1. The van der Waals surface area contributed by atoms with Crippen LogP contribution in [0.5, 0.6) is 5.75 Å². The smallest absolute Gasteiger partial charge is 0.305 e. The van der Waals surface area contributed by atoms with Crippen LogP contribution < -0.4 is 5.32 Å². The van der Waals surface area contributed by atoms with Crippen LogP contribution in [-0.2, 0) is 6.54 Å². The monoisotopic (exact) mass is 290 g/mol. The van der Waals surface area contributed by atoms with Crippen LogP contribution >= 0.6 is 0 Å². The number of benzene rings is 2. The van der Waals surface area contributed by atoms with Crippen molar-refractivity contribution in [2.45, 2.75) is 6.54 Å². The zero-order valence-electron chi connectivity index (χ0n) is 10.7. The van der Waals surface area contributed by atoms with E-state index in [4.69, 9.17) is 5.11 Å². The average Bonchev–Trinajstić information content (AvgIpc) is 2.46.